The van der Waals surface area contributed by atoms with Gasteiger partial charge in [0.1, 0.15) is 6.04 Å². The number of carbonyl (C=O) groups excluding carboxylic acids is 1. The molecule has 0 fully saturated rings. The smallest absolute Gasteiger partial charge is 0.279 e. The maximum Gasteiger partial charge on any atom is 0.279 e. The second kappa shape index (κ2) is 8.50. The zero-order chi connectivity index (χ0) is 19.4. The molecule has 0 saturated heterocycles. The molecule has 3 aromatic rings. The first-order valence-electron chi connectivity index (χ1n) is 9.25. The van der Waals surface area contributed by atoms with Crippen LogP contribution in [-0.4, -0.2) is 22.2 Å². The van der Waals surface area contributed by atoms with E-state index in [1.807, 2.05) is 20.9 Å². The predicted octanol–water partition coefficient (Wildman–Crippen LogP) is 2.95. The third kappa shape index (κ3) is 4.46. The molecule has 0 aliphatic rings. The molecule has 0 saturated carbocycles. The van der Waals surface area contributed by atoms with E-state index in [1.165, 1.54) is 16.0 Å². The number of carbonyl (C=O) groups is 1. The molecule has 0 aliphatic heterocycles. The van der Waals surface area contributed by atoms with Crippen LogP contribution in [-0.2, 0) is 18.3 Å². The molecule has 0 aliphatic carbocycles. The van der Waals surface area contributed by atoms with Crippen molar-refractivity contribution in [3.8, 4) is 0 Å². The Morgan fingerprint density at radius 3 is 2.56 bits per heavy atom. The summed E-state index contributed by atoms with van der Waals surface area (Å²) in [4.78, 5) is 13.8. The average Bonchev–Trinajstić information content (AvgIpc) is 3.27. The summed E-state index contributed by atoms with van der Waals surface area (Å²) in [5.41, 5.74) is 5.16. The van der Waals surface area contributed by atoms with Crippen LogP contribution in [0, 0.1) is 13.8 Å². The Balaban J connectivity index is 1.72. The summed E-state index contributed by atoms with van der Waals surface area (Å²) in [6, 6.07) is 13.0. The van der Waals surface area contributed by atoms with E-state index in [0.29, 0.717) is 6.54 Å². The van der Waals surface area contributed by atoms with Crippen molar-refractivity contribution in [2.24, 2.45) is 7.05 Å². The molecule has 1 atom stereocenters. The second-order valence-electron chi connectivity index (χ2n) is 6.75. The zero-order valence-electron chi connectivity index (χ0n) is 16.3. The molecule has 0 unspecified atom stereocenters. The molecular formula is C21H27N4OS+. The van der Waals surface area contributed by atoms with Crippen LogP contribution in [0.3, 0.4) is 0 Å². The van der Waals surface area contributed by atoms with Crippen molar-refractivity contribution >= 4 is 22.9 Å². The summed E-state index contributed by atoms with van der Waals surface area (Å²) in [7, 11) is 1.89. The molecule has 0 spiro atoms. The van der Waals surface area contributed by atoms with Gasteiger partial charge in [-0.25, -0.2) is 0 Å². The van der Waals surface area contributed by atoms with Gasteiger partial charge in [-0.15, -0.1) is 11.3 Å². The highest BCUT2D eigenvalue weighted by Crippen LogP contribution is 2.23. The van der Waals surface area contributed by atoms with Crippen LogP contribution in [0.25, 0.3) is 0 Å². The van der Waals surface area contributed by atoms with E-state index in [9.17, 15) is 4.79 Å². The number of nitrogens with zero attached hydrogens (tertiary/aromatic N) is 2. The number of thiophene rings is 1. The van der Waals surface area contributed by atoms with Gasteiger partial charge in [0.25, 0.3) is 5.91 Å². The number of quaternary nitrogens is 1. The molecule has 3 rings (SSSR count). The quantitative estimate of drug-likeness (QED) is 0.659. The predicted molar refractivity (Wildman–Crippen MR) is 110 cm³/mol. The monoisotopic (exact) mass is 383 g/mol. The van der Waals surface area contributed by atoms with Gasteiger partial charge in [0.15, 0.2) is 6.54 Å². The molecule has 1 aromatic carbocycles. The van der Waals surface area contributed by atoms with Crippen molar-refractivity contribution in [3.63, 3.8) is 0 Å². The summed E-state index contributed by atoms with van der Waals surface area (Å²) in [5.74, 6) is -0.0130. The van der Waals surface area contributed by atoms with Gasteiger partial charge >= 0.3 is 0 Å². The average molecular weight is 384 g/mol. The summed E-state index contributed by atoms with van der Waals surface area (Å²) >= 11 is 1.72. The number of rotatable bonds is 7. The maximum atomic E-state index is 12.6. The lowest BCUT2D eigenvalue weighted by Gasteiger charge is -2.15. The fourth-order valence-electron chi connectivity index (χ4n) is 3.22. The van der Waals surface area contributed by atoms with Crippen molar-refractivity contribution in [1.29, 1.82) is 0 Å². The number of hydrogen-bond donors (Lipinski definition) is 2. The minimum absolute atomic E-state index is 0.0130. The Hall–Kier alpha value is -2.44. The van der Waals surface area contributed by atoms with E-state index >= 15 is 0 Å². The van der Waals surface area contributed by atoms with E-state index in [4.69, 9.17) is 0 Å². The molecule has 2 aromatic heterocycles. The fourth-order valence-corrected chi connectivity index (χ4v) is 4.07. The summed E-state index contributed by atoms with van der Waals surface area (Å²) in [6.45, 7) is 6.38. The molecule has 142 valence electrons. The number of benzene rings is 1. The first-order chi connectivity index (χ1) is 13.0. The van der Waals surface area contributed by atoms with E-state index in [1.54, 1.807) is 16.0 Å². The highest BCUT2D eigenvalue weighted by Gasteiger charge is 2.21. The Bertz CT molecular complexity index is 897. The summed E-state index contributed by atoms with van der Waals surface area (Å²) in [5, 5.41) is 11.6. The van der Waals surface area contributed by atoms with E-state index in [0.717, 1.165) is 23.5 Å². The molecule has 5 nitrogen and oxygen atoms in total. The van der Waals surface area contributed by atoms with Gasteiger partial charge in [0.05, 0.1) is 22.0 Å². The van der Waals surface area contributed by atoms with Gasteiger partial charge in [-0.2, -0.15) is 5.10 Å². The van der Waals surface area contributed by atoms with Crippen LogP contribution in [0.4, 0.5) is 5.69 Å². The molecule has 1 amide bonds. The normalized spacial score (nSPS) is 12.1. The van der Waals surface area contributed by atoms with Gasteiger partial charge in [-0.05, 0) is 37.3 Å². The Morgan fingerprint density at radius 1 is 1.26 bits per heavy atom. The SMILES string of the molecule is CCc1ccc([C@H]([NH2+]CC(=O)Nc2c(C)nn(C)c2C)c2cccs2)cc1. The van der Waals surface area contributed by atoms with Crippen LogP contribution in [0.15, 0.2) is 41.8 Å². The molecule has 3 N–H and O–H groups in total. The standard InChI is InChI=1S/C21H26N4OS/c1-5-16-8-10-17(11-9-16)21(18-7-6-12-27-18)22-13-19(26)23-20-14(2)24-25(4)15(20)3/h6-12,21-22H,5,13H2,1-4H3,(H,23,26)/p+1/t21-/m0/s1. The molecule has 0 bridgehead atoms. The molecule has 27 heavy (non-hydrogen) atoms. The number of aryl methyl sites for hydroxylation is 3. The van der Waals surface area contributed by atoms with Gasteiger partial charge in [-0.3, -0.25) is 9.48 Å². The lowest BCUT2D eigenvalue weighted by molar-refractivity contribution is -0.675. The van der Waals surface area contributed by atoms with Crippen LogP contribution < -0.4 is 10.6 Å². The van der Waals surface area contributed by atoms with Crippen molar-refractivity contribution < 1.29 is 10.1 Å². The topological polar surface area (TPSA) is 63.5 Å². The Morgan fingerprint density at radius 2 is 2.00 bits per heavy atom. The van der Waals surface area contributed by atoms with Crippen molar-refractivity contribution in [2.75, 3.05) is 11.9 Å². The highest BCUT2D eigenvalue weighted by molar-refractivity contribution is 7.10. The van der Waals surface area contributed by atoms with Crippen molar-refractivity contribution in [2.45, 2.75) is 33.2 Å². The van der Waals surface area contributed by atoms with Crippen LogP contribution in [0.1, 0.15) is 40.4 Å². The minimum Gasteiger partial charge on any atom is -0.328 e. The zero-order valence-corrected chi connectivity index (χ0v) is 17.1. The molecule has 0 radical (unpaired) electrons. The van der Waals surface area contributed by atoms with Crippen LogP contribution >= 0.6 is 11.3 Å². The molecule has 6 heteroatoms. The second-order valence-corrected chi connectivity index (χ2v) is 7.72. The lowest BCUT2D eigenvalue weighted by atomic mass is 10.0. The van der Waals surface area contributed by atoms with E-state index < -0.39 is 0 Å². The van der Waals surface area contributed by atoms with E-state index in [2.05, 4.69) is 64.4 Å². The first kappa shape index (κ1) is 19.3. The van der Waals surface area contributed by atoms with Gasteiger partial charge in [0, 0.05) is 12.6 Å². The number of nitrogens with one attached hydrogen (secondary N) is 1. The Labute approximate surface area is 164 Å². The fraction of sp³-hybridized carbons (Fsp3) is 0.333. The summed E-state index contributed by atoms with van der Waals surface area (Å²) in [6.07, 6.45) is 1.03. The van der Waals surface area contributed by atoms with Crippen LogP contribution in [0.5, 0.6) is 0 Å². The van der Waals surface area contributed by atoms with Gasteiger partial charge in [-0.1, -0.05) is 37.3 Å². The number of nitrogens with two attached hydrogens (primary N) is 1. The molecular weight excluding hydrogens is 356 g/mol. The number of amides is 1. The first-order valence-corrected chi connectivity index (χ1v) is 10.1. The third-order valence-corrected chi connectivity index (χ3v) is 5.86. The lowest BCUT2D eigenvalue weighted by Crippen LogP contribution is -2.87. The van der Waals surface area contributed by atoms with E-state index in [-0.39, 0.29) is 11.9 Å². The van der Waals surface area contributed by atoms with Crippen LogP contribution in [0.2, 0.25) is 0 Å². The highest BCUT2D eigenvalue weighted by atomic mass is 32.1. The van der Waals surface area contributed by atoms with Gasteiger partial charge in [0.2, 0.25) is 0 Å². The largest absolute Gasteiger partial charge is 0.328 e. The summed E-state index contributed by atoms with van der Waals surface area (Å²) < 4.78 is 1.79. The minimum atomic E-state index is -0.0130. The van der Waals surface area contributed by atoms with Gasteiger partial charge < -0.3 is 10.6 Å². The third-order valence-electron chi connectivity index (χ3n) is 4.91. The molecule has 2 heterocycles. The number of hydrogen-bond acceptors (Lipinski definition) is 3. The maximum absolute atomic E-state index is 12.6. The number of anilines is 1. The Kier molecular flexibility index (Phi) is 6.08. The van der Waals surface area contributed by atoms with Crippen molar-refractivity contribution in [3.05, 3.63) is 69.2 Å². The number of aromatic nitrogens is 2. The van der Waals surface area contributed by atoms with Crippen molar-refractivity contribution in [1.82, 2.24) is 9.78 Å².